The number of benzene rings is 1. The Labute approximate surface area is 130 Å². The summed E-state index contributed by atoms with van der Waals surface area (Å²) in [5, 5.41) is 2.85. The second-order valence-corrected chi connectivity index (χ2v) is 6.43. The van der Waals surface area contributed by atoms with Gasteiger partial charge in [0.15, 0.2) is 0 Å². The second kappa shape index (κ2) is 5.30. The molecular formula is C17H22N2O3. The van der Waals surface area contributed by atoms with Gasteiger partial charge in [-0.15, -0.1) is 0 Å². The van der Waals surface area contributed by atoms with Crippen LogP contribution < -0.4 is 10.1 Å². The van der Waals surface area contributed by atoms with E-state index in [1.807, 2.05) is 39.0 Å². The molecule has 1 atom stereocenters. The summed E-state index contributed by atoms with van der Waals surface area (Å²) in [6, 6.07) is 5.65. The molecule has 1 aromatic carbocycles. The van der Waals surface area contributed by atoms with E-state index in [4.69, 9.17) is 4.74 Å². The van der Waals surface area contributed by atoms with Crippen LogP contribution in [0, 0.1) is 19.8 Å². The van der Waals surface area contributed by atoms with Gasteiger partial charge in [0.2, 0.25) is 0 Å². The maximum Gasteiger partial charge on any atom is 0.325 e. The summed E-state index contributed by atoms with van der Waals surface area (Å²) in [5.74, 6) is 0.998. The van der Waals surface area contributed by atoms with Crippen LogP contribution in [0.1, 0.15) is 30.9 Å². The van der Waals surface area contributed by atoms with Crippen LogP contribution in [0.3, 0.4) is 0 Å². The number of hydrogen-bond donors (Lipinski definition) is 1. The predicted octanol–water partition coefficient (Wildman–Crippen LogP) is 2.40. The summed E-state index contributed by atoms with van der Waals surface area (Å²) in [4.78, 5) is 25.8. The summed E-state index contributed by atoms with van der Waals surface area (Å²) >= 11 is 0. The molecule has 1 aromatic rings. The van der Waals surface area contributed by atoms with E-state index in [1.54, 1.807) is 0 Å². The molecule has 3 rings (SSSR count). The van der Waals surface area contributed by atoms with E-state index in [-0.39, 0.29) is 24.4 Å². The fourth-order valence-corrected chi connectivity index (χ4v) is 3.12. The van der Waals surface area contributed by atoms with E-state index in [0.29, 0.717) is 6.61 Å². The lowest BCUT2D eigenvalue weighted by Crippen LogP contribution is -2.46. The van der Waals surface area contributed by atoms with Crippen LogP contribution in [0.25, 0.3) is 0 Å². The van der Waals surface area contributed by atoms with Crippen molar-refractivity contribution in [2.75, 3.05) is 13.2 Å². The molecule has 3 amide bonds. The summed E-state index contributed by atoms with van der Waals surface area (Å²) in [6.45, 7) is 6.39. The van der Waals surface area contributed by atoms with Crippen LogP contribution in [0.5, 0.6) is 5.75 Å². The van der Waals surface area contributed by atoms with Gasteiger partial charge >= 0.3 is 6.03 Å². The molecule has 2 fully saturated rings. The van der Waals surface area contributed by atoms with Crippen molar-refractivity contribution in [1.82, 2.24) is 10.2 Å². The van der Waals surface area contributed by atoms with Gasteiger partial charge in [0.1, 0.15) is 17.9 Å². The fourth-order valence-electron chi connectivity index (χ4n) is 3.12. The average Bonchev–Trinajstić information content (AvgIpc) is 3.27. The Morgan fingerprint density at radius 2 is 1.91 bits per heavy atom. The largest absolute Gasteiger partial charge is 0.491 e. The van der Waals surface area contributed by atoms with Crippen molar-refractivity contribution in [1.29, 1.82) is 0 Å². The lowest BCUT2D eigenvalue weighted by atomic mass is 9.96. The number of para-hydroxylation sites is 1. The molecule has 1 unspecified atom stereocenters. The first-order valence-corrected chi connectivity index (χ1v) is 7.76. The van der Waals surface area contributed by atoms with Crippen molar-refractivity contribution >= 4 is 11.9 Å². The minimum absolute atomic E-state index is 0.120. The van der Waals surface area contributed by atoms with Gasteiger partial charge in [-0.2, -0.15) is 0 Å². The minimum Gasteiger partial charge on any atom is -0.491 e. The van der Waals surface area contributed by atoms with Gasteiger partial charge in [0, 0.05) is 0 Å². The first-order valence-electron chi connectivity index (χ1n) is 7.76. The number of carbonyl (C=O) groups excluding carboxylic acids is 2. The monoisotopic (exact) mass is 302 g/mol. The first-order chi connectivity index (χ1) is 10.4. The zero-order valence-electron chi connectivity index (χ0n) is 13.3. The van der Waals surface area contributed by atoms with Crippen LogP contribution in [0.15, 0.2) is 18.2 Å². The number of imide groups is 1. The Balaban J connectivity index is 1.62. The summed E-state index contributed by atoms with van der Waals surface area (Å²) < 4.78 is 5.80. The van der Waals surface area contributed by atoms with E-state index in [1.165, 1.54) is 4.90 Å². The zero-order chi connectivity index (χ0) is 15.9. The van der Waals surface area contributed by atoms with Crippen LogP contribution in [0.2, 0.25) is 0 Å². The highest BCUT2D eigenvalue weighted by atomic mass is 16.5. The SMILES string of the molecule is Cc1cccc(C)c1OCCN1C(=O)NC(C)(C2CC2)C1=O. The van der Waals surface area contributed by atoms with Crippen LogP contribution in [0.4, 0.5) is 4.79 Å². The third-order valence-electron chi connectivity index (χ3n) is 4.67. The highest BCUT2D eigenvalue weighted by Crippen LogP contribution is 2.42. The number of nitrogens with one attached hydrogen (secondary N) is 1. The Morgan fingerprint density at radius 3 is 2.50 bits per heavy atom. The van der Waals surface area contributed by atoms with E-state index in [2.05, 4.69) is 5.32 Å². The molecule has 1 aliphatic carbocycles. The van der Waals surface area contributed by atoms with Gasteiger partial charge in [-0.05, 0) is 50.7 Å². The lowest BCUT2D eigenvalue weighted by Gasteiger charge is -2.21. The maximum atomic E-state index is 12.5. The number of ether oxygens (including phenoxy) is 1. The molecule has 0 aromatic heterocycles. The van der Waals surface area contributed by atoms with Crippen molar-refractivity contribution in [3.05, 3.63) is 29.3 Å². The van der Waals surface area contributed by atoms with E-state index < -0.39 is 5.54 Å². The Hall–Kier alpha value is -2.04. The highest BCUT2D eigenvalue weighted by molar-refractivity contribution is 6.07. The molecule has 2 aliphatic rings. The third kappa shape index (κ3) is 2.45. The number of hydrogen-bond acceptors (Lipinski definition) is 3. The highest BCUT2D eigenvalue weighted by Gasteiger charge is 2.55. The molecular weight excluding hydrogens is 280 g/mol. The average molecular weight is 302 g/mol. The number of nitrogens with zero attached hydrogens (tertiary/aromatic N) is 1. The van der Waals surface area contributed by atoms with Crippen LogP contribution in [-0.4, -0.2) is 35.5 Å². The number of carbonyl (C=O) groups is 2. The molecule has 0 radical (unpaired) electrons. The van der Waals surface area contributed by atoms with Crippen LogP contribution >= 0.6 is 0 Å². The zero-order valence-corrected chi connectivity index (χ0v) is 13.3. The molecule has 1 aliphatic heterocycles. The Bertz CT molecular complexity index is 604. The smallest absolute Gasteiger partial charge is 0.325 e. The van der Waals surface area contributed by atoms with Crippen molar-refractivity contribution in [2.45, 2.75) is 39.2 Å². The summed E-state index contributed by atoms with van der Waals surface area (Å²) in [6.07, 6.45) is 2.02. The van der Waals surface area contributed by atoms with Crippen molar-refractivity contribution < 1.29 is 14.3 Å². The molecule has 5 heteroatoms. The first kappa shape index (κ1) is 14.9. The molecule has 1 N–H and O–H groups in total. The van der Waals surface area contributed by atoms with Crippen LogP contribution in [-0.2, 0) is 4.79 Å². The topological polar surface area (TPSA) is 58.6 Å². The molecule has 1 saturated carbocycles. The van der Waals surface area contributed by atoms with Gasteiger partial charge in [-0.1, -0.05) is 18.2 Å². The predicted molar refractivity (Wildman–Crippen MR) is 82.8 cm³/mol. The molecule has 1 saturated heterocycles. The van der Waals surface area contributed by atoms with Gasteiger partial charge in [0.05, 0.1) is 6.54 Å². The maximum absolute atomic E-state index is 12.5. The molecule has 1 heterocycles. The minimum atomic E-state index is -0.713. The lowest BCUT2D eigenvalue weighted by molar-refractivity contribution is -0.131. The quantitative estimate of drug-likeness (QED) is 0.850. The Morgan fingerprint density at radius 1 is 1.27 bits per heavy atom. The fraction of sp³-hybridized carbons (Fsp3) is 0.529. The van der Waals surface area contributed by atoms with Gasteiger partial charge < -0.3 is 10.1 Å². The standard InChI is InChI=1S/C17H22N2O3/c1-11-5-4-6-12(2)14(11)22-10-9-19-15(20)17(3,13-7-8-13)18-16(19)21/h4-6,13H,7-10H2,1-3H3,(H,18,21). The Kier molecular flexibility index (Phi) is 3.59. The van der Waals surface area contributed by atoms with Crippen molar-refractivity contribution in [2.24, 2.45) is 5.92 Å². The van der Waals surface area contributed by atoms with Crippen molar-refractivity contribution in [3.8, 4) is 5.75 Å². The van der Waals surface area contributed by atoms with Gasteiger partial charge in [-0.3, -0.25) is 9.69 Å². The second-order valence-electron chi connectivity index (χ2n) is 6.43. The number of aryl methyl sites for hydroxylation is 2. The van der Waals surface area contributed by atoms with E-state index >= 15 is 0 Å². The van der Waals surface area contributed by atoms with Gasteiger partial charge in [-0.25, -0.2) is 4.79 Å². The molecule has 118 valence electrons. The van der Waals surface area contributed by atoms with E-state index in [0.717, 1.165) is 29.7 Å². The van der Waals surface area contributed by atoms with Crippen molar-refractivity contribution in [3.63, 3.8) is 0 Å². The summed E-state index contributed by atoms with van der Waals surface area (Å²) in [5.41, 5.74) is 1.40. The third-order valence-corrected chi connectivity index (χ3v) is 4.67. The molecule has 0 spiro atoms. The molecule has 0 bridgehead atoms. The normalized spacial score (nSPS) is 24.6. The number of rotatable bonds is 5. The molecule has 22 heavy (non-hydrogen) atoms. The van der Waals surface area contributed by atoms with E-state index in [9.17, 15) is 9.59 Å². The van der Waals surface area contributed by atoms with Gasteiger partial charge in [0.25, 0.3) is 5.91 Å². The summed E-state index contributed by atoms with van der Waals surface area (Å²) in [7, 11) is 0. The number of amides is 3. The number of urea groups is 1. The molecule has 5 nitrogen and oxygen atoms in total.